The van der Waals surface area contributed by atoms with Crippen molar-refractivity contribution in [2.75, 3.05) is 19.2 Å². The van der Waals surface area contributed by atoms with Crippen LogP contribution >= 0.6 is 11.3 Å². The maximum atomic E-state index is 12.9. The molecule has 1 aliphatic heterocycles. The molecule has 0 atom stereocenters. The first kappa shape index (κ1) is 21.4. The standard InChI is InChI=1S/C23H19N3O5S2/c1-26(13-15-5-3-2-4-6-15)33(28,29)17-9-7-16(8-10-17)22(27)25-23-24-18-11-19-20(31-14-30-19)12-21(18)32-23/h2-12H,13-14H2,1H3,(H,24,25,27). The highest BCUT2D eigenvalue weighted by atomic mass is 32.2. The van der Waals surface area contributed by atoms with E-state index >= 15 is 0 Å². The molecule has 0 bridgehead atoms. The van der Waals surface area contributed by atoms with E-state index in [2.05, 4.69) is 10.3 Å². The summed E-state index contributed by atoms with van der Waals surface area (Å²) < 4.78 is 38.6. The Morgan fingerprint density at radius 1 is 1.06 bits per heavy atom. The summed E-state index contributed by atoms with van der Waals surface area (Å²) in [7, 11) is -2.16. The number of nitrogens with one attached hydrogen (secondary N) is 1. The summed E-state index contributed by atoms with van der Waals surface area (Å²) in [4.78, 5) is 17.2. The molecule has 0 saturated heterocycles. The monoisotopic (exact) mass is 481 g/mol. The Hall–Kier alpha value is -3.47. The van der Waals surface area contributed by atoms with E-state index in [1.165, 1.54) is 47.0 Å². The number of carbonyl (C=O) groups excluding carboxylic acids is 1. The number of thiazole rings is 1. The highest BCUT2D eigenvalue weighted by Gasteiger charge is 2.22. The lowest BCUT2D eigenvalue weighted by molar-refractivity contribution is 0.102. The molecule has 1 aromatic heterocycles. The van der Waals surface area contributed by atoms with E-state index in [0.717, 1.165) is 10.3 Å². The van der Waals surface area contributed by atoms with Gasteiger partial charge in [-0.2, -0.15) is 4.31 Å². The zero-order valence-corrected chi connectivity index (χ0v) is 19.2. The van der Waals surface area contributed by atoms with Gasteiger partial charge in [-0.15, -0.1) is 0 Å². The number of carbonyl (C=O) groups is 1. The maximum Gasteiger partial charge on any atom is 0.257 e. The summed E-state index contributed by atoms with van der Waals surface area (Å²) in [6.45, 7) is 0.437. The molecule has 0 unspecified atom stereocenters. The van der Waals surface area contributed by atoms with Crippen molar-refractivity contribution < 1.29 is 22.7 Å². The molecule has 8 nitrogen and oxygen atoms in total. The third kappa shape index (κ3) is 4.28. The van der Waals surface area contributed by atoms with Crippen molar-refractivity contribution in [3.63, 3.8) is 0 Å². The lowest BCUT2D eigenvalue weighted by Crippen LogP contribution is -2.26. The average Bonchev–Trinajstić information content (AvgIpc) is 3.43. The first-order valence-electron chi connectivity index (χ1n) is 10.0. The Balaban J connectivity index is 1.29. The molecule has 3 aromatic carbocycles. The fourth-order valence-corrected chi connectivity index (χ4v) is 5.45. The van der Waals surface area contributed by atoms with Gasteiger partial charge >= 0.3 is 0 Å². The summed E-state index contributed by atoms with van der Waals surface area (Å²) in [5.74, 6) is 0.897. The Bertz CT molecular complexity index is 1390. The Labute approximate surface area is 194 Å². The van der Waals surface area contributed by atoms with Crippen molar-refractivity contribution >= 4 is 42.6 Å². The SMILES string of the molecule is CN(Cc1ccccc1)S(=O)(=O)c1ccc(C(=O)Nc2nc3cc4c(cc3s2)OCO4)cc1. The number of benzene rings is 3. The van der Waals surface area contributed by atoms with Crippen molar-refractivity contribution in [2.45, 2.75) is 11.4 Å². The van der Waals surface area contributed by atoms with Gasteiger partial charge in [-0.1, -0.05) is 41.7 Å². The van der Waals surface area contributed by atoms with Crippen LogP contribution in [-0.4, -0.2) is 37.5 Å². The number of ether oxygens (including phenoxy) is 2. The Morgan fingerprint density at radius 3 is 2.48 bits per heavy atom. The molecule has 4 aromatic rings. The summed E-state index contributed by atoms with van der Waals surface area (Å²) in [5.41, 5.74) is 1.91. The predicted octanol–water partition coefficient (Wildman–Crippen LogP) is 4.10. The predicted molar refractivity (Wildman–Crippen MR) is 125 cm³/mol. The highest BCUT2D eigenvalue weighted by Crippen LogP contribution is 2.39. The van der Waals surface area contributed by atoms with E-state index in [1.54, 1.807) is 6.07 Å². The maximum absolute atomic E-state index is 12.9. The molecule has 1 amide bonds. The number of aromatic nitrogens is 1. The fourth-order valence-electron chi connectivity index (χ4n) is 3.42. The van der Waals surface area contributed by atoms with E-state index in [1.807, 2.05) is 36.4 Å². The van der Waals surface area contributed by atoms with Gasteiger partial charge in [0.25, 0.3) is 5.91 Å². The van der Waals surface area contributed by atoms with Crippen LogP contribution in [0.2, 0.25) is 0 Å². The second-order valence-corrected chi connectivity index (χ2v) is 10.5. The van der Waals surface area contributed by atoms with Crippen molar-refractivity contribution in [1.29, 1.82) is 0 Å². The van der Waals surface area contributed by atoms with Gasteiger partial charge in [0.15, 0.2) is 16.6 Å². The Kier molecular flexibility index (Phi) is 5.49. The minimum absolute atomic E-state index is 0.118. The van der Waals surface area contributed by atoms with Crippen molar-refractivity contribution in [3.05, 3.63) is 77.9 Å². The molecular formula is C23H19N3O5S2. The first-order valence-corrected chi connectivity index (χ1v) is 12.3. The van der Waals surface area contributed by atoms with E-state index in [-0.39, 0.29) is 24.1 Å². The number of nitrogens with zero attached hydrogens (tertiary/aromatic N) is 2. The number of amides is 1. The number of rotatable bonds is 6. The molecule has 0 aliphatic carbocycles. The van der Waals surface area contributed by atoms with Crippen LogP contribution in [0.3, 0.4) is 0 Å². The van der Waals surface area contributed by atoms with Crippen molar-refractivity contribution in [3.8, 4) is 11.5 Å². The van der Waals surface area contributed by atoms with Crippen LogP contribution in [0.1, 0.15) is 15.9 Å². The zero-order chi connectivity index (χ0) is 23.0. The summed E-state index contributed by atoms with van der Waals surface area (Å²) >= 11 is 1.32. The van der Waals surface area contributed by atoms with Crippen molar-refractivity contribution in [1.82, 2.24) is 9.29 Å². The molecule has 2 heterocycles. The quantitative estimate of drug-likeness (QED) is 0.445. The van der Waals surface area contributed by atoms with Crippen LogP contribution in [0.25, 0.3) is 10.2 Å². The second kappa shape index (κ2) is 8.47. The number of sulfonamides is 1. The second-order valence-electron chi connectivity index (χ2n) is 7.42. The van der Waals surface area contributed by atoms with Gasteiger partial charge in [0.1, 0.15) is 0 Å². The number of hydrogen-bond donors (Lipinski definition) is 1. The summed E-state index contributed by atoms with van der Waals surface area (Å²) in [6.07, 6.45) is 0. The van der Waals surface area contributed by atoms with Crippen LogP contribution in [0.4, 0.5) is 5.13 Å². The number of anilines is 1. The molecule has 10 heteroatoms. The average molecular weight is 482 g/mol. The van der Waals surface area contributed by atoms with Crippen LogP contribution in [0.5, 0.6) is 11.5 Å². The van der Waals surface area contributed by atoms with Crippen LogP contribution < -0.4 is 14.8 Å². The molecule has 33 heavy (non-hydrogen) atoms. The molecule has 168 valence electrons. The van der Waals surface area contributed by atoms with Gasteiger partial charge in [0.2, 0.25) is 16.8 Å². The molecular weight excluding hydrogens is 462 g/mol. The molecule has 0 radical (unpaired) electrons. The highest BCUT2D eigenvalue weighted by molar-refractivity contribution is 7.89. The number of hydrogen-bond acceptors (Lipinski definition) is 7. The lowest BCUT2D eigenvalue weighted by atomic mass is 10.2. The minimum Gasteiger partial charge on any atom is -0.454 e. The van der Waals surface area contributed by atoms with E-state index in [0.29, 0.717) is 27.7 Å². The van der Waals surface area contributed by atoms with E-state index in [4.69, 9.17) is 9.47 Å². The normalized spacial score (nSPS) is 12.9. The van der Waals surface area contributed by atoms with Gasteiger partial charge in [-0.05, 0) is 29.8 Å². The number of fused-ring (bicyclic) bond motifs is 2. The third-order valence-corrected chi connectivity index (χ3v) is 7.93. The van der Waals surface area contributed by atoms with Gasteiger partial charge in [0.05, 0.1) is 15.1 Å². The van der Waals surface area contributed by atoms with E-state index < -0.39 is 10.0 Å². The van der Waals surface area contributed by atoms with Gasteiger partial charge in [-0.3, -0.25) is 10.1 Å². The molecule has 1 N–H and O–H groups in total. The summed E-state index contributed by atoms with van der Waals surface area (Å²) in [5, 5.41) is 3.19. The first-order chi connectivity index (χ1) is 15.9. The smallest absolute Gasteiger partial charge is 0.257 e. The van der Waals surface area contributed by atoms with Crippen LogP contribution in [0.15, 0.2) is 71.6 Å². The van der Waals surface area contributed by atoms with Crippen molar-refractivity contribution in [2.24, 2.45) is 0 Å². The largest absolute Gasteiger partial charge is 0.454 e. The van der Waals surface area contributed by atoms with Gasteiger partial charge in [0, 0.05) is 31.3 Å². The summed E-state index contributed by atoms with van der Waals surface area (Å²) in [6, 6.07) is 18.8. The lowest BCUT2D eigenvalue weighted by Gasteiger charge is -2.17. The van der Waals surface area contributed by atoms with Gasteiger partial charge < -0.3 is 9.47 Å². The zero-order valence-electron chi connectivity index (χ0n) is 17.5. The Morgan fingerprint density at radius 2 is 1.76 bits per heavy atom. The van der Waals surface area contributed by atoms with Gasteiger partial charge in [-0.25, -0.2) is 13.4 Å². The third-order valence-electron chi connectivity index (χ3n) is 5.18. The minimum atomic E-state index is -3.69. The van der Waals surface area contributed by atoms with Crippen LogP contribution in [-0.2, 0) is 16.6 Å². The molecule has 0 fully saturated rings. The van der Waals surface area contributed by atoms with Crippen LogP contribution in [0, 0.1) is 0 Å². The molecule has 1 aliphatic rings. The van der Waals surface area contributed by atoms with E-state index in [9.17, 15) is 13.2 Å². The topological polar surface area (TPSA) is 97.8 Å². The molecule has 0 spiro atoms. The fraction of sp³-hybridized carbons (Fsp3) is 0.130. The molecule has 5 rings (SSSR count). The molecule has 0 saturated carbocycles.